The van der Waals surface area contributed by atoms with Gasteiger partial charge in [0.2, 0.25) is 0 Å². The summed E-state index contributed by atoms with van der Waals surface area (Å²) in [4.78, 5) is 45.6. The van der Waals surface area contributed by atoms with Crippen molar-refractivity contribution in [1.82, 2.24) is 25.4 Å². The van der Waals surface area contributed by atoms with Crippen LogP contribution in [0.3, 0.4) is 0 Å². The molecule has 0 spiro atoms. The molecule has 0 atom stereocenters. The third-order valence-corrected chi connectivity index (χ3v) is 6.40. The maximum Gasteiger partial charge on any atom is 0.281 e. The summed E-state index contributed by atoms with van der Waals surface area (Å²) in [5, 5.41) is 1.11. The van der Waals surface area contributed by atoms with Crippen LogP contribution in [-0.4, -0.2) is 26.3 Å². The van der Waals surface area contributed by atoms with Gasteiger partial charge in [0.1, 0.15) is 9.88 Å². The lowest BCUT2D eigenvalue weighted by Crippen LogP contribution is -2.41. The number of allylic oxidation sites excluding steroid dienone is 1. The van der Waals surface area contributed by atoms with E-state index in [4.69, 9.17) is 12.2 Å². The molecule has 2 aromatic heterocycles. The molecule has 2 amide bonds. The van der Waals surface area contributed by atoms with E-state index in [2.05, 4.69) is 27.4 Å². The Labute approximate surface area is 197 Å². The van der Waals surface area contributed by atoms with Crippen LogP contribution >= 0.6 is 23.6 Å². The van der Waals surface area contributed by atoms with Crippen LogP contribution in [0.5, 0.6) is 0 Å². The second-order valence-electron chi connectivity index (χ2n) is 7.10. The highest BCUT2D eigenvalue weighted by molar-refractivity contribution is 7.71. The van der Waals surface area contributed by atoms with Crippen LogP contribution in [0.4, 0.5) is 0 Å². The Hall–Kier alpha value is -3.89. The highest BCUT2D eigenvalue weighted by Gasteiger charge is 2.17. The molecule has 3 N–H and O–H groups in total. The monoisotopic (exact) mass is 477 g/mol. The largest absolute Gasteiger partial charge is 0.332 e. The van der Waals surface area contributed by atoms with Gasteiger partial charge < -0.3 is 4.98 Å². The number of carbonyl (C=O) groups excluding carboxylic acids is 2. The molecule has 33 heavy (non-hydrogen) atoms. The molecule has 2 heterocycles. The third-order valence-electron chi connectivity index (χ3n) is 4.87. The summed E-state index contributed by atoms with van der Waals surface area (Å²) in [7, 11) is 0. The quantitative estimate of drug-likeness (QED) is 0.230. The van der Waals surface area contributed by atoms with Crippen LogP contribution in [0, 0.1) is 11.7 Å². The van der Waals surface area contributed by atoms with Gasteiger partial charge in [-0.1, -0.05) is 36.4 Å². The fourth-order valence-electron chi connectivity index (χ4n) is 3.24. The smallest absolute Gasteiger partial charge is 0.281 e. The number of hydrogen-bond donors (Lipinski definition) is 3. The molecule has 8 nitrogen and oxygen atoms in total. The number of thiazole rings is 1. The Morgan fingerprint density at radius 1 is 1.18 bits per heavy atom. The Morgan fingerprint density at radius 2 is 1.91 bits per heavy atom. The van der Waals surface area contributed by atoms with E-state index < -0.39 is 11.8 Å². The Kier molecular flexibility index (Phi) is 6.29. The molecule has 4 aromatic rings. The molecular formula is C23H19N5O3S2. The van der Waals surface area contributed by atoms with E-state index in [0.29, 0.717) is 21.5 Å². The van der Waals surface area contributed by atoms with Crippen LogP contribution < -0.4 is 16.4 Å². The molecule has 0 aliphatic rings. The topological polar surface area (TPSA) is 109 Å². The van der Waals surface area contributed by atoms with Gasteiger partial charge in [-0.3, -0.25) is 29.8 Å². The molecule has 4 rings (SSSR count). The summed E-state index contributed by atoms with van der Waals surface area (Å²) in [6, 6.07) is 14.1. The number of aromatic nitrogens is 3. The number of carbonyl (C=O) groups is 2. The Morgan fingerprint density at radius 3 is 2.64 bits per heavy atom. The second kappa shape index (κ2) is 9.31. The predicted molar refractivity (Wildman–Crippen MR) is 131 cm³/mol. The van der Waals surface area contributed by atoms with Gasteiger partial charge in [0.25, 0.3) is 17.4 Å². The summed E-state index contributed by atoms with van der Waals surface area (Å²) in [6.45, 7) is 5.64. The van der Waals surface area contributed by atoms with Crippen molar-refractivity contribution in [2.45, 2.75) is 13.5 Å². The molecule has 0 fully saturated rings. The van der Waals surface area contributed by atoms with Crippen molar-refractivity contribution < 1.29 is 9.59 Å². The van der Waals surface area contributed by atoms with E-state index in [0.717, 1.165) is 10.6 Å². The summed E-state index contributed by atoms with van der Waals surface area (Å²) < 4.78 is 1.61. The molecular weight excluding hydrogens is 458 g/mol. The highest BCUT2D eigenvalue weighted by Crippen LogP contribution is 2.27. The molecule has 0 saturated carbocycles. The van der Waals surface area contributed by atoms with Gasteiger partial charge in [-0.2, -0.15) is 0 Å². The van der Waals surface area contributed by atoms with E-state index in [1.165, 1.54) is 28.0 Å². The number of hydrogen-bond acceptors (Lipinski definition) is 6. The normalized spacial score (nSPS) is 10.7. The summed E-state index contributed by atoms with van der Waals surface area (Å²) in [5.41, 5.74) is 6.71. The van der Waals surface area contributed by atoms with Crippen molar-refractivity contribution in [3.05, 3.63) is 92.4 Å². The van der Waals surface area contributed by atoms with Crippen LogP contribution in [0.25, 0.3) is 21.5 Å². The SMILES string of the molecule is C=CCn1c(=S)[nH]c2cc(C(=O)NNC(=O)c3sc(-c4ccccc4)nc3C)ccc2c1=O. The highest BCUT2D eigenvalue weighted by atomic mass is 32.1. The lowest BCUT2D eigenvalue weighted by Gasteiger charge is -2.09. The van der Waals surface area contributed by atoms with Crippen molar-refractivity contribution in [3.63, 3.8) is 0 Å². The molecule has 10 heteroatoms. The first-order valence-corrected chi connectivity index (χ1v) is 11.1. The number of nitrogens with one attached hydrogen (secondary N) is 3. The fraction of sp³-hybridized carbons (Fsp3) is 0.0870. The van der Waals surface area contributed by atoms with Crippen molar-refractivity contribution in [2.24, 2.45) is 0 Å². The van der Waals surface area contributed by atoms with Crippen molar-refractivity contribution >= 4 is 46.3 Å². The zero-order chi connectivity index (χ0) is 23.5. The van der Waals surface area contributed by atoms with Gasteiger partial charge in [-0.05, 0) is 37.3 Å². The lowest BCUT2D eigenvalue weighted by molar-refractivity contribution is 0.0848. The molecule has 0 aliphatic carbocycles. The van der Waals surface area contributed by atoms with E-state index in [-0.39, 0.29) is 22.4 Å². The second-order valence-corrected chi connectivity index (χ2v) is 8.49. The van der Waals surface area contributed by atoms with Gasteiger partial charge in [0.15, 0.2) is 4.77 Å². The van der Waals surface area contributed by atoms with Gasteiger partial charge >= 0.3 is 0 Å². The van der Waals surface area contributed by atoms with E-state index in [1.54, 1.807) is 19.1 Å². The number of fused-ring (bicyclic) bond motifs is 1. The number of amides is 2. The van der Waals surface area contributed by atoms with Crippen molar-refractivity contribution in [2.75, 3.05) is 0 Å². The maximum absolute atomic E-state index is 12.6. The number of nitrogens with zero attached hydrogens (tertiary/aromatic N) is 2. The minimum atomic E-state index is -0.537. The first-order valence-electron chi connectivity index (χ1n) is 9.90. The van der Waals surface area contributed by atoms with E-state index in [1.807, 2.05) is 30.3 Å². The molecule has 2 aromatic carbocycles. The molecule has 166 valence electrons. The summed E-state index contributed by atoms with van der Waals surface area (Å²) >= 11 is 6.47. The number of aromatic amines is 1. The lowest BCUT2D eigenvalue weighted by atomic mass is 10.1. The number of hydrazine groups is 1. The summed E-state index contributed by atoms with van der Waals surface area (Å²) in [5.74, 6) is -1.00. The van der Waals surface area contributed by atoms with Crippen LogP contribution in [0.1, 0.15) is 25.7 Å². The van der Waals surface area contributed by atoms with Crippen molar-refractivity contribution in [3.8, 4) is 10.6 Å². The molecule has 0 aliphatic heterocycles. The van der Waals surface area contributed by atoms with Crippen molar-refractivity contribution in [1.29, 1.82) is 0 Å². The average molecular weight is 478 g/mol. The van der Waals surface area contributed by atoms with Crippen LogP contribution in [0.15, 0.2) is 66.0 Å². The summed E-state index contributed by atoms with van der Waals surface area (Å²) in [6.07, 6.45) is 1.58. The standard InChI is InChI=1S/C23H19N5O3S2/c1-3-11-28-22(31)16-10-9-15(12-17(16)25-23(28)32)19(29)26-27-20(30)18-13(2)24-21(33-18)14-7-5-4-6-8-14/h3-10,12H,1,11H2,2H3,(H,25,32)(H,26,29)(H,27,30). The zero-order valence-electron chi connectivity index (χ0n) is 17.5. The minimum absolute atomic E-state index is 0.230. The van der Waals surface area contributed by atoms with E-state index >= 15 is 0 Å². The molecule has 0 bridgehead atoms. The first kappa shape index (κ1) is 22.3. The van der Waals surface area contributed by atoms with Gasteiger partial charge in [-0.25, -0.2) is 4.98 Å². The van der Waals surface area contributed by atoms with Gasteiger partial charge in [0.05, 0.1) is 16.6 Å². The molecule has 0 saturated heterocycles. The Balaban J connectivity index is 1.51. The average Bonchev–Trinajstić information content (AvgIpc) is 3.22. The van der Waals surface area contributed by atoms with Crippen LogP contribution in [-0.2, 0) is 6.54 Å². The number of benzene rings is 2. The van der Waals surface area contributed by atoms with Crippen LogP contribution in [0.2, 0.25) is 0 Å². The first-order chi connectivity index (χ1) is 15.9. The zero-order valence-corrected chi connectivity index (χ0v) is 19.2. The van der Waals surface area contributed by atoms with E-state index in [9.17, 15) is 14.4 Å². The molecule has 0 unspecified atom stereocenters. The number of H-pyrrole nitrogens is 1. The third kappa shape index (κ3) is 4.52. The minimum Gasteiger partial charge on any atom is -0.332 e. The molecule has 0 radical (unpaired) electrons. The number of rotatable bonds is 5. The van der Waals surface area contributed by atoms with Gasteiger partial charge in [-0.15, -0.1) is 17.9 Å². The Bertz CT molecular complexity index is 1500. The fourth-order valence-corrected chi connectivity index (χ4v) is 4.48. The maximum atomic E-state index is 12.6. The number of aryl methyl sites for hydroxylation is 1. The van der Waals surface area contributed by atoms with Gasteiger partial charge in [0, 0.05) is 17.7 Å². The predicted octanol–water partition coefficient (Wildman–Crippen LogP) is 3.75.